The second kappa shape index (κ2) is 6.17. The van der Waals surface area contributed by atoms with E-state index in [-0.39, 0.29) is 5.41 Å². The van der Waals surface area contributed by atoms with Crippen molar-refractivity contribution >= 4 is 5.71 Å². The second-order valence-corrected chi connectivity index (χ2v) is 7.99. The molecule has 3 nitrogen and oxygen atoms in total. The fourth-order valence-electron chi connectivity index (χ4n) is 3.94. The Labute approximate surface area is 154 Å². The molecule has 0 fully saturated rings. The highest BCUT2D eigenvalue weighted by molar-refractivity contribution is 6.04. The standard InChI is InChI=1S/C23H24N2O/c1-16-9-11-18(12-10-16)25-21(17-7-5-4-6-8-17)13-19-20(24-26)14-23(2,3)15-22(19)25/h4-13,26H,14-15H2,1-3H3/b24-20-. The molecule has 0 atom stereocenters. The van der Waals surface area contributed by atoms with Gasteiger partial charge in [0.25, 0.3) is 0 Å². The van der Waals surface area contributed by atoms with Crippen LogP contribution in [0.25, 0.3) is 16.9 Å². The van der Waals surface area contributed by atoms with Crippen LogP contribution in [0.3, 0.4) is 0 Å². The first kappa shape index (κ1) is 16.6. The molecular formula is C23H24N2O. The average Bonchev–Trinajstić information content (AvgIpc) is 3.00. The van der Waals surface area contributed by atoms with Gasteiger partial charge in [-0.05, 0) is 48.9 Å². The first-order valence-electron chi connectivity index (χ1n) is 9.07. The number of nitrogens with zero attached hydrogens (tertiary/aromatic N) is 2. The number of aromatic nitrogens is 1. The van der Waals surface area contributed by atoms with Crippen molar-refractivity contribution in [1.29, 1.82) is 0 Å². The summed E-state index contributed by atoms with van der Waals surface area (Å²) in [6.45, 7) is 6.57. The minimum Gasteiger partial charge on any atom is -0.411 e. The molecule has 26 heavy (non-hydrogen) atoms. The molecule has 0 radical (unpaired) electrons. The molecule has 1 aliphatic carbocycles. The van der Waals surface area contributed by atoms with Crippen molar-refractivity contribution in [2.75, 3.05) is 0 Å². The molecule has 0 bridgehead atoms. The van der Waals surface area contributed by atoms with Crippen molar-refractivity contribution in [1.82, 2.24) is 4.57 Å². The van der Waals surface area contributed by atoms with Gasteiger partial charge in [0.1, 0.15) is 0 Å². The van der Waals surface area contributed by atoms with E-state index in [2.05, 4.69) is 85.1 Å². The number of oxime groups is 1. The molecule has 0 saturated carbocycles. The largest absolute Gasteiger partial charge is 0.411 e. The van der Waals surface area contributed by atoms with Gasteiger partial charge in [0, 0.05) is 16.9 Å². The SMILES string of the molecule is Cc1ccc(-n2c(-c3ccccc3)cc3c2CC(C)(C)C/C3=N/O)cc1. The van der Waals surface area contributed by atoms with Crippen LogP contribution < -0.4 is 0 Å². The fraction of sp³-hybridized carbons (Fsp3) is 0.261. The van der Waals surface area contributed by atoms with Gasteiger partial charge in [0.2, 0.25) is 0 Å². The molecule has 0 amide bonds. The number of aryl methyl sites for hydroxylation is 1. The van der Waals surface area contributed by atoms with Gasteiger partial charge in [-0.2, -0.15) is 0 Å². The van der Waals surface area contributed by atoms with Gasteiger partial charge >= 0.3 is 0 Å². The Hall–Kier alpha value is -2.81. The van der Waals surface area contributed by atoms with Crippen LogP contribution in [0.15, 0.2) is 65.8 Å². The molecule has 3 aromatic rings. The molecule has 0 spiro atoms. The molecular weight excluding hydrogens is 320 g/mol. The van der Waals surface area contributed by atoms with E-state index >= 15 is 0 Å². The molecule has 3 heteroatoms. The topological polar surface area (TPSA) is 37.5 Å². The Morgan fingerprint density at radius 3 is 2.31 bits per heavy atom. The first-order chi connectivity index (χ1) is 12.5. The zero-order valence-corrected chi connectivity index (χ0v) is 15.5. The van der Waals surface area contributed by atoms with Crippen LogP contribution in [0.4, 0.5) is 0 Å². The van der Waals surface area contributed by atoms with Crippen molar-refractivity contribution < 1.29 is 5.21 Å². The van der Waals surface area contributed by atoms with Gasteiger partial charge in [-0.25, -0.2) is 0 Å². The predicted octanol–water partition coefficient (Wildman–Crippen LogP) is 5.60. The van der Waals surface area contributed by atoms with Crippen LogP contribution >= 0.6 is 0 Å². The fourth-order valence-corrected chi connectivity index (χ4v) is 3.94. The maximum Gasteiger partial charge on any atom is 0.0891 e. The van der Waals surface area contributed by atoms with Crippen molar-refractivity contribution in [3.8, 4) is 16.9 Å². The molecule has 1 heterocycles. The van der Waals surface area contributed by atoms with Gasteiger partial charge in [-0.3, -0.25) is 0 Å². The number of hydrogen-bond donors (Lipinski definition) is 1. The van der Waals surface area contributed by atoms with E-state index in [0.29, 0.717) is 0 Å². The highest BCUT2D eigenvalue weighted by Gasteiger charge is 2.34. The van der Waals surface area contributed by atoms with E-state index in [1.54, 1.807) is 0 Å². The zero-order valence-electron chi connectivity index (χ0n) is 15.5. The summed E-state index contributed by atoms with van der Waals surface area (Å²) in [5.74, 6) is 0. The summed E-state index contributed by atoms with van der Waals surface area (Å²) in [5, 5.41) is 13.3. The Morgan fingerprint density at radius 2 is 1.65 bits per heavy atom. The average molecular weight is 344 g/mol. The van der Waals surface area contributed by atoms with Gasteiger partial charge < -0.3 is 9.77 Å². The lowest BCUT2D eigenvalue weighted by molar-refractivity contribution is 0.305. The number of fused-ring (bicyclic) bond motifs is 1. The summed E-state index contributed by atoms with van der Waals surface area (Å²) in [7, 11) is 0. The summed E-state index contributed by atoms with van der Waals surface area (Å²) in [6.07, 6.45) is 1.73. The monoisotopic (exact) mass is 344 g/mol. The van der Waals surface area contributed by atoms with E-state index in [1.807, 2.05) is 6.07 Å². The minimum atomic E-state index is 0.0589. The van der Waals surface area contributed by atoms with Gasteiger partial charge in [-0.1, -0.05) is 67.0 Å². The predicted molar refractivity (Wildman–Crippen MR) is 106 cm³/mol. The Kier molecular flexibility index (Phi) is 3.95. The third-order valence-electron chi connectivity index (χ3n) is 5.19. The molecule has 0 unspecified atom stereocenters. The van der Waals surface area contributed by atoms with Crippen LogP contribution in [0.1, 0.15) is 37.1 Å². The summed E-state index contributed by atoms with van der Waals surface area (Å²) < 4.78 is 2.33. The highest BCUT2D eigenvalue weighted by Crippen LogP contribution is 2.40. The Bertz CT molecular complexity index is 963. The third-order valence-corrected chi connectivity index (χ3v) is 5.19. The van der Waals surface area contributed by atoms with Crippen LogP contribution in [-0.2, 0) is 6.42 Å². The molecule has 0 aliphatic heterocycles. The van der Waals surface area contributed by atoms with Crippen LogP contribution in [0.5, 0.6) is 0 Å². The third kappa shape index (κ3) is 2.84. The smallest absolute Gasteiger partial charge is 0.0891 e. The van der Waals surface area contributed by atoms with E-state index in [9.17, 15) is 5.21 Å². The molecule has 132 valence electrons. The zero-order chi connectivity index (χ0) is 18.3. The highest BCUT2D eigenvalue weighted by atomic mass is 16.4. The van der Waals surface area contributed by atoms with Gasteiger partial charge in [0.05, 0.1) is 11.4 Å². The molecule has 1 N–H and O–H groups in total. The van der Waals surface area contributed by atoms with Crippen molar-refractivity contribution in [2.24, 2.45) is 10.6 Å². The quantitative estimate of drug-likeness (QED) is 0.476. The Balaban J connectivity index is 2.01. The maximum absolute atomic E-state index is 9.63. The normalized spacial score (nSPS) is 17.3. The van der Waals surface area contributed by atoms with Crippen molar-refractivity contribution in [3.63, 3.8) is 0 Å². The first-order valence-corrected chi connectivity index (χ1v) is 9.07. The van der Waals surface area contributed by atoms with Gasteiger partial charge in [-0.15, -0.1) is 0 Å². The molecule has 0 saturated heterocycles. The summed E-state index contributed by atoms with van der Waals surface area (Å²) in [5.41, 5.74) is 7.81. The lowest BCUT2D eigenvalue weighted by Crippen LogP contribution is -2.28. The van der Waals surface area contributed by atoms with Gasteiger partial charge in [0.15, 0.2) is 0 Å². The van der Waals surface area contributed by atoms with Crippen molar-refractivity contribution in [2.45, 2.75) is 33.6 Å². The van der Waals surface area contributed by atoms with E-state index in [0.717, 1.165) is 41.1 Å². The Morgan fingerprint density at radius 1 is 0.962 bits per heavy atom. The molecule has 4 rings (SSSR count). The maximum atomic E-state index is 9.63. The summed E-state index contributed by atoms with van der Waals surface area (Å²) >= 11 is 0. The van der Waals surface area contributed by atoms with Crippen LogP contribution in [0.2, 0.25) is 0 Å². The number of hydrogen-bond acceptors (Lipinski definition) is 2. The summed E-state index contributed by atoms with van der Waals surface area (Å²) in [6, 6.07) is 21.2. The lowest BCUT2D eigenvalue weighted by atomic mass is 9.76. The summed E-state index contributed by atoms with van der Waals surface area (Å²) in [4.78, 5) is 0. The van der Waals surface area contributed by atoms with Crippen LogP contribution in [-0.4, -0.2) is 15.5 Å². The van der Waals surface area contributed by atoms with E-state index < -0.39 is 0 Å². The van der Waals surface area contributed by atoms with E-state index in [1.165, 1.54) is 11.3 Å². The second-order valence-electron chi connectivity index (χ2n) is 7.99. The molecule has 1 aliphatic rings. The number of benzene rings is 2. The van der Waals surface area contributed by atoms with E-state index in [4.69, 9.17) is 0 Å². The van der Waals surface area contributed by atoms with Crippen LogP contribution in [0, 0.1) is 12.3 Å². The van der Waals surface area contributed by atoms with Crippen molar-refractivity contribution in [3.05, 3.63) is 77.5 Å². The minimum absolute atomic E-state index is 0.0589. The molecule has 2 aromatic carbocycles. The number of rotatable bonds is 2. The lowest BCUT2D eigenvalue weighted by Gasteiger charge is -2.31. The molecule has 1 aromatic heterocycles.